The van der Waals surface area contributed by atoms with Crippen LogP contribution >= 0.6 is 0 Å². The highest BCUT2D eigenvalue weighted by molar-refractivity contribution is 5.97. The summed E-state index contributed by atoms with van der Waals surface area (Å²) in [6.45, 7) is 0.639. The van der Waals surface area contributed by atoms with Crippen molar-refractivity contribution in [2.24, 2.45) is 0 Å². The Balaban J connectivity index is 2.25. The molecule has 0 atom stereocenters. The summed E-state index contributed by atoms with van der Waals surface area (Å²) in [7, 11) is 0. The normalized spacial score (nSPS) is 14.4. The number of piperazine rings is 1. The molecular formula is C13H13N3O3. The third kappa shape index (κ3) is 3.09. The highest BCUT2D eigenvalue weighted by Crippen LogP contribution is 2.08. The molecule has 2 heterocycles. The zero-order chi connectivity index (χ0) is 13.7. The first-order chi connectivity index (χ1) is 9.22. The van der Waals surface area contributed by atoms with Gasteiger partial charge in [0.25, 0.3) is 5.91 Å². The zero-order valence-corrected chi connectivity index (χ0v) is 10.2. The third-order valence-electron chi connectivity index (χ3n) is 2.64. The number of nitrogens with one attached hydrogen (secondary N) is 1. The SMILES string of the molecule is O=C1CN(C(=O)c2ncccc2C#CCO)CCN1. The van der Waals surface area contributed by atoms with Crippen molar-refractivity contribution >= 4 is 11.8 Å². The maximum absolute atomic E-state index is 12.3. The second kappa shape index (κ2) is 5.98. The average molecular weight is 259 g/mol. The van der Waals surface area contributed by atoms with Crippen LogP contribution in [0, 0.1) is 11.8 Å². The smallest absolute Gasteiger partial charge is 0.274 e. The van der Waals surface area contributed by atoms with Crippen LogP contribution in [0.1, 0.15) is 16.1 Å². The molecule has 0 aromatic carbocycles. The molecule has 0 unspecified atom stereocenters. The molecule has 19 heavy (non-hydrogen) atoms. The van der Waals surface area contributed by atoms with Gasteiger partial charge in [-0.3, -0.25) is 9.59 Å². The van der Waals surface area contributed by atoms with Crippen LogP contribution in [0.3, 0.4) is 0 Å². The molecule has 6 heteroatoms. The number of carbonyl (C=O) groups excluding carboxylic acids is 2. The second-order valence-corrected chi connectivity index (χ2v) is 3.94. The summed E-state index contributed by atoms with van der Waals surface area (Å²) in [4.78, 5) is 29.0. The lowest BCUT2D eigenvalue weighted by atomic mass is 10.1. The molecule has 0 aliphatic carbocycles. The maximum Gasteiger partial charge on any atom is 0.274 e. The van der Waals surface area contributed by atoms with E-state index in [9.17, 15) is 9.59 Å². The summed E-state index contributed by atoms with van der Waals surface area (Å²) in [5.74, 6) is 4.67. The van der Waals surface area contributed by atoms with E-state index in [4.69, 9.17) is 5.11 Å². The number of nitrogens with zero attached hydrogens (tertiary/aromatic N) is 2. The standard InChI is InChI=1S/C13H13N3O3/c17-8-2-4-10-3-1-5-15-12(10)13(19)16-7-6-14-11(18)9-16/h1,3,5,17H,6-9H2,(H,14,18). The Kier molecular flexibility index (Phi) is 4.11. The highest BCUT2D eigenvalue weighted by atomic mass is 16.2. The van der Waals surface area contributed by atoms with E-state index in [2.05, 4.69) is 22.1 Å². The van der Waals surface area contributed by atoms with Crippen molar-refractivity contribution in [3.8, 4) is 11.8 Å². The largest absolute Gasteiger partial charge is 0.384 e. The van der Waals surface area contributed by atoms with E-state index in [1.165, 1.54) is 11.1 Å². The van der Waals surface area contributed by atoms with E-state index < -0.39 is 0 Å². The van der Waals surface area contributed by atoms with Gasteiger partial charge in [-0.1, -0.05) is 11.8 Å². The Bertz CT molecular complexity index is 560. The topological polar surface area (TPSA) is 82.5 Å². The predicted octanol–water partition coefficient (Wildman–Crippen LogP) is -1.00. The van der Waals surface area contributed by atoms with Crippen LogP contribution in [-0.4, -0.2) is 53.0 Å². The molecule has 1 fully saturated rings. The first-order valence-electron chi connectivity index (χ1n) is 5.83. The van der Waals surface area contributed by atoms with Crippen LogP contribution in [-0.2, 0) is 4.79 Å². The molecule has 0 radical (unpaired) electrons. The van der Waals surface area contributed by atoms with E-state index >= 15 is 0 Å². The van der Waals surface area contributed by atoms with Crippen LogP contribution in [0.25, 0.3) is 0 Å². The van der Waals surface area contributed by atoms with Crippen molar-refractivity contribution in [2.45, 2.75) is 0 Å². The number of hydrogen-bond donors (Lipinski definition) is 2. The third-order valence-corrected chi connectivity index (χ3v) is 2.64. The maximum atomic E-state index is 12.3. The predicted molar refractivity (Wildman–Crippen MR) is 67.1 cm³/mol. The lowest BCUT2D eigenvalue weighted by Crippen LogP contribution is -2.50. The van der Waals surface area contributed by atoms with Gasteiger partial charge in [0.15, 0.2) is 0 Å². The molecule has 1 aromatic rings. The summed E-state index contributed by atoms with van der Waals surface area (Å²) in [5, 5.41) is 11.4. The molecule has 0 spiro atoms. The van der Waals surface area contributed by atoms with Crippen LogP contribution in [0.4, 0.5) is 0 Å². The fraction of sp³-hybridized carbons (Fsp3) is 0.308. The number of aliphatic hydroxyl groups is 1. The molecular weight excluding hydrogens is 246 g/mol. The zero-order valence-electron chi connectivity index (χ0n) is 10.2. The van der Waals surface area contributed by atoms with Crippen molar-refractivity contribution < 1.29 is 14.7 Å². The number of hydrogen-bond acceptors (Lipinski definition) is 4. The van der Waals surface area contributed by atoms with Gasteiger partial charge < -0.3 is 15.3 Å². The Labute approximate surface area is 110 Å². The number of aliphatic hydroxyl groups excluding tert-OH is 1. The minimum Gasteiger partial charge on any atom is -0.384 e. The van der Waals surface area contributed by atoms with Crippen molar-refractivity contribution in [1.29, 1.82) is 0 Å². The van der Waals surface area contributed by atoms with Crippen molar-refractivity contribution in [3.63, 3.8) is 0 Å². The molecule has 0 saturated carbocycles. The monoisotopic (exact) mass is 259 g/mol. The minimum atomic E-state index is -0.322. The molecule has 1 aromatic heterocycles. The Morgan fingerprint density at radius 1 is 1.58 bits per heavy atom. The van der Waals surface area contributed by atoms with E-state index in [1.807, 2.05) is 0 Å². The molecule has 2 rings (SSSR count). The van der Waals surface area contributed by atoms with Gasteiger partial charge in [-0.2, -0.15) is 0 Å². The molecule has 1 aliphatic heterocycles. The average Bonchev–Trinajstić information content (AvgIpc) is 2.44. The molecule has 6 nitrogen and oxygen atoms in total. The van der Waals surface area contributed by atoms with E-state index in [0.717, 1.165) is 0 Å². The number of amides is 2. The van der Waals surface area contributed by atoms with E-state index in [0.29, 0.717) is 18.7 Å². The molecule has 0 bridgehead atoms. The van der Waals surface area contributed by atoms with Gasteiger partial charge in [0.2, 0.25) is 5.91 Å². The van der Waals surface area contributed by atoms with Crippen LogP contribution in [0.15, 0.2) is 18.3 Å². The van der Waals surface area contributed by atoms with Gasteiger partial charge in [0.05, 0.1) is 12.1 Å². The molecule has 1 aliphatic rings. The first kappa shape index (κ1) is 13.1. The summed E-state index contributed by atoms with van der Waals surface area (Å²) >= 11 is 0. The Hall–Kier alpha value is -2.39. The van der Waals surface area contributed by atoms with Crippen LogP contribution in [0.2, 0.25) is 0 Å². The van der Waals surface area contributed by atoms with Gasteiger partial charge in [-0.25, -0.2) is 4.98 Å². The van der Waals surface area contributed by atoms with Gasteiger partial charge in [-0.15, -0.1) is 0 Å². The Morgan fingerprint density at radius 2 is 2.42 bits per heavy atom. The lowest BCUT2D eigenvalue weighted by Gasteiger charge is -2.26. The fourth-order valence-electron chi connectivity index (χ4n) is 1.77. The lowest BCUT2D eigenvalue weighted by molar-refractivity contribution is -0.123. The van der Waals surface area contributed by atoms with Crippen molar-refractivity contribution in [2.75, 3.05) is 26.2 Å². The van der Waals surface area contributed by atoms with Gasteiger partial charge in [0, 0.05) is 19.3 Å². The van der Waals surface area contributed by atoms with Crippen molar-refractivity contribution in [1.82, 2.24) is 15.2 Å². The van der Waals surface area contributed by atoms with E-state index in [-0.39, 0.29) is 30.7 Å². The van der Waals surface area contributed by atoms with Gasteiger partial charge >= 0.3 is 0 Å². The Morgan fingerprint density at radius 3 is 3.16 bits per heavy atom. The quantitative estimate of drug-likeness (QED) is 0.634. The summed E-state index contributed by atoms with van der Waals surface area (Å²) in [6.07, 6.45) is 1.50. The molecule has 1 saturated heterocycles. The first-order valence-corrected chi connectivity index (χ1v) is 5.83. The fourth-order valence-corrected chi connectivity index (χ4v) is 1.77. The highest BCUT2D eigenvalue weighted by Gasteiger charge is 2.24. The summed E-state index contributed by atoms with van der Waals surface area (Å²) in [5.41, 5.74) is 0.658. The molecule has 2 amide bonds. The number of rotatable bonds is 1. The summed E-state index contributed by atoms with van der Waals surface area (Å²) < 4.78 is 0. The summed E-state index contributed by atoms with van der Waals surface area (Å²) in [6, 6.07) is 3.33. The van der Waals surface area contributed by atoms with Gasteiger partial charge in [-0.05, 0) is 12.1 Å². The minimum absolute atomic E-state index is 0.0300. The number of aromatic nitrogens is 1. The second-order valence-electron chi connectivity index (χ2n) is 3.94. The molecule has 98 valence electrons. The van der Waals surface area contributed by atoms with Gasteiger partial charge in [0.1, 0.15) is 12.3 Å². The van der Waals surface area contributed by atoms with Crippen LogP contribution in [0.5, 0.6) is 0 Å². The molecule has 2 N–H and O–H groups in total. The van der Waals surface area contributed by atoms with Crippen molar-refractivity contribution in [3.05, 3.63) is 29.6 Å². The van der Waals surface area contributed by atoms with Crippen LogP contribution < -0.4 is 5.32 Å². The number of carbonyl (C=O) groups is 2. The van der Waals surface area contributed by atoms with E-state index in [1.54, 1.807) is 12.1 Å². The number of pyridine rings is 1.